The molecule has 0 radical (unpaired) electrons. The summed E-state index contributed by atoms with van der Waals surface area (Å²) in [6, 6.07) is 10.8. The van der Waals surface area contributed by atoms with Crippen LogP contribution in [0.25, 0.3) is 10.9 Å². The lowest BCUT2D eigenvalue weighted by Crippen LogP contribution is -2.25. The number of anilines is 1. The van der Waals surface area contributed by atoms with Crippen LogP contribution in [0.1, 0.15) is 23.6 Å². The Labute approximate surface area is 148 Å². The second-order valence-corrected chi connectivity index (χ2v) is 6.83. The largest absolute Gasteiger partial charge is 0.369 e. The number of hydrogen-bond acceptors (Lipinski definition) is 5. The van der Waals surface area contributed by atoms with E-state index in [1.807, 2.05) is 18.5 Å². The summed E-state index contributed by atoms with van der Waals surface area (Å²) in [7, 11) is 2.20. The normalized spacial score (nSPS) is 20.9. The fourth-order valence-electron chi connectivity index (χ4n) is 3.92. The van der Waals surface area contributed by atoms with Crippen molar-refractivity contribution in [3.05, 3.63) is 60.2 Å². The molecule has 1 aliphatic heterocycles. The number of likely N-dealkylation sites (tertiary alicyclic amines) is 1. The van der Waals surface area contributed by atoms with Crippen molar-refractivity contribution in [1.82, 2.24) is 19.9 Å². The third-order valence-electron chi connectivity index (χ3n) is 5.20. The Hall–Kier alpha value is -2.53. The number of fused-ring (bicyclic) bond motifs is 1. The molecule has 0 aliphatic carbocycles. The average Bonchev–Trinajstić information content (AvgIpc) is 3.02. The minimum atomic E-state index is 0.399. The van der Waals surface area contributed by atoms with E-state index in [-0.39, 0.29) is 0 Å². The minimum absolute atomic E-state index is 0.399. The predicted molar refractivity (Wildman–Crippen MR) is 100 cm³/mol. The number of aromatic nitrogens is 3. The molecule has 1 fully saturated rings. The SMILES string of the molecule is Cc1cccc2c(NC[C@@H]3CCN(C)[C@H]3c3cccnc3)ncnc12. The van der Waals surface area contributed by atoms with Crippen LogP contribution in [-0.4, -0.2) is 40.0 Å². The van der Waals surface area contributed by atoms with Crippen LogP contribution >= 0.6 is 0 Å². The van der Waals surface area contributed by atoms with Crippen molar-refractivity contribution in [3.8, 4) is 0 Å². The van der Waals surface area contributed by atoms with Crippen molar-refractivity contribution in [1.29, 1.82) is 0 Å². The van der Waals surface area contributed by atoms with E-state index in [1.54, 1.807) is 6.33 Å². The first kappa shape index (κ1) is 16.0. The molecule has 5 nitrogen and oxygen atoms in total. The summed E-state index contributed by atoms with van der Waals surface area (Å²) in [5.41, 5.74) is 3.49. The highest BCUT2D eigenvalue weighted by Crippen LogP contribution is 2.36. The average molecular weight is 333 g/mol. The molecule has 3 heterocycles. The number of nitrogens with zero attached hydrogens (tertiary/aromatic N) is 4. The quantitative estimate of drug-likeness (QED) is 0.793. The van der Waals surface area contributed by atoms with Gasteiger partial charge >= 0.3 is 0 Å². The van der Waals surface area contributed by atoms with Gasteiger partial charge in [-0.05, 0) is 56.1 Å². The van der Waals surface area contributed by atoms with Crippen molar-refractivity contribution in [2.45, 2.75) is 19.4 Å². The maximum atomic E-state index is 4.48. The molecule has 25 heavy (non-hydrogen) atoms. The molecule has 2 atom stereocenters. The molecule has 3 aromatic rings. The summed E-state index contributed by atoms with van der Waals surface area (Å²) in [4.78, 5) is 15.6. The van der Waals surface area contributed by atoms with Gasteiger partial charge in [0.05, 0.1) is 5.52 Å². The molecule has 2 aromatic heterocycles. The summed E-state index contributed by atoms with van der Waals surface area (Å²) in [6.45, 7) is 4.09. The molecule has 0 bridgehead atoms. The summed E-state index contributed by atoms with van der Waals surface area (Å²) in [6.07, 6.45) is 6.64. The molecule has 1 N–H and O–H groups in total. The summed E-state index contributed by atoms with van der Waals surface area (Å²) < 4.78 is 0. The van der Waals surface area contributed by atoms with Gasteiger partial charge in [0.2, 0.25) is 0 Å². The molecule has 1 aliphatic rings. The van der Waals surface area contributed by atoms with Gasteiger partial charge in [0.25, 0.3) is 0 Å². The second kappa shape index (κ2) is 6.76. The number of benzene rings is 1. The Kier molecular flexibility index (Phi) is 4.32. The van der Waals surface area contributed by atoms with Gasteiger partial charge in [0.15, 0.2) is 0 Å². The lowest BCUT2D eigenvalue weighted by Gasteiger charge is -2.25. The second-order valence-electron chi connectivity index (χ2n) is 6.83. The van der Waals surface area contributed by atoms with Crippen LogP contribution in [-0.2, 0) is 0 Å². The Bertz CT molecular complexity index is 864. The van der Waals surface area contributed by atoms with Gasteiger partial charge in [-0.2, -0.15) is 0 Å². The van der Waals surface area contributed by atoms with Gasteiger partial charge in [-0.25, -0.2) is 9.97 Å². The van der Waals surface area contributed by atoms with Crippen molar-refractivity contribution >= 4 is 16.7 Å². The van der Waals surface area contributed by atoms with E-state index in [2.05, 4.69) is 63.4 Å². The maximum absolute atomic E-state index is 4.48. The third-order valence-corrected chi connectivity index (χ3v) is 5.20. The van der Waals surface area contributed by atoms with Crippen LogP contribution in [0.2, 0.25) is 0 Å². The zero-order chi connectivity index (χ0) is 17.2. The summed E-state index contributed by atoms with van der Waals surface area (Å²) >= 11 is 0. The van der Waals surface area contributed by atoms with Gasteiger partial charge in [-0.15, -0.1) is 0 Å². The van der Waals surface area contributed by atoms with Gasteiger partial charge in [0, 0.05) is 30.4 Å². The number of nitrogens with one attached hydrogen (secondary N) is 1. The van der Waals surface area contributed by atoms with E-state index in [0.29, 0.717) is 12.0 Å². The van der Waals surface area contributed by atoms with Crippen molar-refractivity contribution < 1.29 is 0 Å². The van der Waals surface area contributed by atoms with Crippen LogP contribution < -0.4 is 5.32 Å². The van der Waals surface area contributed by atoms with E-state index in [9.17, 15) is 0 Å². The van der Waals surface area contributed by atoms with Crippen LogP contribution in [0.5, 0.6) is 0 Å². The van der Waals surface area contributed by atoms with Crippen LogP contribution in [0.15, 0.2) is 49.1 Å². The molecule has 4 rings (SSSR count). The fourth-order valence-corrected chi connectivity index (χ4v) is 3.92. The predicted octanol–water partition coefficient (Wildman–Crippen LogP) is 3.44. The fraction of sp³-hybridized carbons (Fsp3) is 0.350. The maximum Gasteiger partial charge on any atom is 0.137 e. The molecular formula is C20H23N5. The topological polar surface area (TPSA) is 53.9 Å². The first-order chi connectivity index (χ1) is 12.2. The molecule has 128 valence electrons. The lowest BCUT2D eigenvalue weighted by atomic mass is 9.94. The Morgan fingerprint density at radius 1 is 1.20 bits per heavy atom. The smallest absolute Gasteiger partial charge is 0.137 e. The van der Waals surface area contributed by atoms with Gasteiger partial charge in [-0.1, -0.05) is 18.2 Å². The zero-order valence-electron chi connectivity index (χ0n) is 14.7. The molecule has 1 saturated heterocycles. The third kappa shape index (κ3) is 3.07. The number of rotatable bonds is 4. The summed E-state index contributed by atoms with van der Waals surface area (Å²) in [5, 5.41) is 4.67. The van der Waals surface area contributed by atoms with E-state index in [0.717, 1.165) is 29.8 Å². The molecule has 0 saturated carbocycles. The first-order valence-corrected chi connectivity index (χ1v) is 8.78. The van der Waals surface area contributed by atoms with Gasteiger partial charge in [0.1, 0.15) is 12.1 Å². The Morgan fingerprint density at radius 3 is 2.96 bits per heavy atom. The van der Waals surface area contributed by atoms with Crippen LogP contribution in [0, 0.1) is 12.8 Å². The molecule has 5 heteroatoms. The molecule has 0 unspecified atom stereocenters. The molecule has 0 amide bonds. The van der Waals surface area contributed by atoms with E-state index >= 15 is 0 Å². The monoisotopic (exact) mass is 333 g/mol. The molecule has 0 spiro atoms. The van der Waals surface area contributed by atoms with E-state index in [4.69, 9.17) is 0 Å². The zero-order valence-corrected chi connectivity index (χ0v) is 14.7. The van der Waals surface area contributed by atoms with Crippen molar-refractivity contribution in [3.63, 3.8) is 0 Å². The number of pyridine rings is 1. The number of hydrogen-bond donors (Lipinski definition) is 1. The Balaban J connectivity index is 1.56. The van der Waals surface area contributed by atoms with Crippen molar-refractivity contribution in [2.75, 3.05) is 25.5 Å². The standard InChI is InChI=1S/C20H23N5/c1-14-5-3-7-17-18(14)23-13-24-20(17)22-12-16-8-10-25(2)19(16)15-6-4-9-21-11-15/h3-7,9,11,13,16,19H,8,10,12H2,1-2H3,(H,22,23,24)/t16-,19-/m0/s1. The highest BCUT2D eigenvalue weighted by molar-refractivity contribution is 5.90. The highest BCUT2D eigenvalue weighted by Gasteiger charge is 2.33. The van der Waals surface area contributed by atoms with Crippen molar-refractivity contribution in [2.24, 2.45) is 5.92 Å². The summed E-state index contributed by atoms with van der Waals surface area (Å²) in [5.74, 6) is 1.46. The van der Waals surface area contributed by atoms with E-state index in [1.165, 1.54) is 17.5 Å². The first-order valence-electron chi connectivity index (χ1n) is 8.78. The van der Waals surface area contributed by atoms with Crippen LogP contribution in [0.3, 0.4) is 0 Å². The molecule has 1 aromatic carbocycles. The lowest BCUT2D eigenvalue weighted by molar-refractivity contribution is 0.281. The minimum Gasteiger partial charge on any atom is -0.369 e. The number of para-hydroxylation sites is 1. The Morgan fingerprint density at radius 2 is 2.12 bits per heavy atom. The van der Waals surface area contributed by atoms with Gasteiger partial charge < -0.3 is 5.32 Å². The van der Waals surface area contributed by atoms with E-state index < -0.39 is 0 Å². The van der Waals surface area contributed by atoms with Crippen LogP contribution in [0.4, 0.5) is 5.82 Å². The number of aryl methyl sites for hydroxylation is 1. The molecular weight excluding hydrogens is 310 g/mol. The van der Waals surface area contributed by atoms with Gasteiger partial charge in [-0.3, -0.25) is 9.88 Å². The highest BCUT2D eigenvalue weighted by atomic mass is 15.2.